The smallest absolute Gasteiger partial charge is 0.414 e. The first kappa shape index (κ1) is 22.5. The molecule has 0 unspecified atom stereocenters. The normalized spacial score (nSPS) is 5.75. The summed E-state index contributed by atoms with van der Waals surface area (Å²) in [6, 6.07) is 0. The van der Waals surface area contributed by atoms with E-state index in [1.807, 2.05) is 0 Å². The molecule has 3 N–H and O–H groups in total. The fourth-order valence-electron chi connectivity index (χ4n) is 0. The molecule has 0 radical (unpaired) electrons. The van der Waals surface area contributed by atoms with E-state index < -0.39 is 17.9 Å². The van der Waals surface area contributed by atoms with Crippen LogP contribution in [0.3, 0.4) is 0 Å². The second-order valence-corrected chi connectivity index (χ2v) is 1.13. The molecule has 0 heterocycles. The molecular weight excluding hydrogens is 198 g/mol. The number of rotatable bonds is 0. The first-order valence-corrected chi connectivity index (χ1v) is 2.03. The summed E-state index contributed by atoms with van der Waals surface area (Å²) in [5.41, 5.74) is 0. The maximum atomic E-state index is 9.10. The van der Waals surface area contributed by atoms with Crippen molar-refractivity contribution >= 4 is 52.6 Å². The largest absolute Gasteiger partial charge is 0.481 e. The summed E-state index contributed by atoms with van der Waals surface area (Å²) in [5, 5.41) is 22.2. The first-order chi connectivity index (χ1) is 4.37. The van der Waals surface area contributed by atoms with Gasteiger partial charge < -0.3 is 15.3 Å². The summed E-state index contributed by atoms with van der Waals surface area (Å²) < 4.78 is 0. The van der Waals surface area contributed by atoms with Crippen molar-refractivity contribution < 1.29 is 29.7 Å². The Bertz CT molecular complexity index is 140. The van der Waals surface area contributed by atoms with Crippen molar-refractivity contribution in [3.8, 4) is 0 Å². The maximum absolute atomic E-state index is 9.10. The summed E-state index contributed by atoms with van der Waals surface area (Å²) >= 11 is 0. The quantitative estimate of drug-likeness (QED) is 0.288. The third kappa shape index (κ3) is 56.4. The highest BCUT2D eigenvalue weighted by atomic mass is 27.0. The summed E-state index contributed by atoms with van der Waals surface area (Å²) in [5.74, 6) is -4.48. The van der Waals surface area contributed by atoms with Crippen LogP contribution >= 0.6 is 0 Å². The van der Waals surface area contributed by atoms with Crippen LogP contribution in [0.5, 0.6) is 0 Å². The Kier molecular flexibility index (Phi) is 24.6. The van der Waals surface area contributed by atoms with Crippen molar-refractivity contribution in [1.82, 2.24) is 0 Å². The van der Waals surface area contributed by atoms with Gasteiger partial charge in [-0.05, 0) is 0 Å². The summed E-state index contributed by atoms with van der Waals surface area (Å²) in [6.45, 7) is 1.08. The second kappa shape index (κ2) is 13.1. The average Bonchev–Trinajstić information content (AvgIpc) is 1.63. The predicted octanol–water partition coefficient (Wildman–Crippen LogP) is -3.12. The summed E-state index contributed by atoms with van der Waals surface area (Å²) in [7, 11) is 0. The topological polar surface area (TPSA) is 112 Å². The first-order valence-electron chi connectivity index (χ1n) is 2.03. The Labute approximate surface area is 89.5 Å². The minimum atomic E-state index is -1.82. The summed E-state index contributed by atoms with van der Waals surface area (Å²) in [4.78, 5) is 27.2. The van der Waals surface area contributed by atoms with Crippen molar-refractivity contribution in [2.75, 3.05) is 0 Å². The second-order valence-electron chi connectivity index (χ2n) is 1.13. The van der Waals surface area contributed by atoms with E-state index in [2.05, 4.69) is 0 Å². The third-order valence-electron chi connectivity index (χ3n) is 0.183. The van der Waals surface area contributed by atoms with Crippen LogP contribution in [0.2, 0.25) is 0 Å². The molecule has 12 heavy (non-hydrogen) atoms. The fourth-order valence-corrected chi connectivity index (χ4v) is 0. The lowest BCUT2D eigenvalue weighted by Crippen LogP contribution is -2.09. The molecule has 0 bridgehead atoms. The van der Waals surface area contributed by atoms with Gasteiger partial charge in [0.25, 0.3) is 5.97 Å². The lowest BCUT2D eigenvalue weighted by molar-refractivity contribution is -0.159. The van der Waals surface area contributed by atoms with Gasteiger partial charge in [0, 0.05) is 6.92 Å². The van der Waals surface area contributed by atoms with E-state index in [0.717, 1.165) is 6.92 Å². The number of carboxylic acids is 3. The van der Waals surface area contributed by atoms with Gasteiger partial charge in [-0.15, -0.1) is 0 Å². The number of carbonyl (C=O) groups is 3. The molecule has 0 aromatic heterocycles. The molecule has 0 aliphatic carbocycles. The minimum Gasteiger partial charge on any atom is -0.481 e. The molecule has 70 valence electrons. The molecule has 6 nitrogen and oxygen atoms in total. The molecule has 0 atom stereocenters. The van der Waals surface area contributed by atoms with E-state index in [4.69, 9.17) is 29.7 Å². The fraction of sp³-hybridized carbons (Fsp3) is 0.250. The van der Waals surface area contributed by atoms with Crippen LogP contribution in [0.25, 0.3) is 0 Å². The van der Waals surface area contributed by atoms with E-state index in [-0.39, 0.29) is 34.7 Å². The maximum Gasteiger partial charge on any atom is 0.414 e. The zero-order valence-electron chi connectivity index (χ0n) is 5.07. The van der Waals surface area contributed by atoms with Crippen molar-refractivity contribution in [3.63, 3.8) is 0 Å². The molecule has 0 aliphatic heterocycles. The molecule has 0 aromatic carbocycles. The van der Waals surface area contributed by atoms with Gasteiger partial charge in [0.05, 0.1) is 0 Å². The Balaban J connectivity index is -0.0000000483. The Morgan fingerprint density at radius 2 is 0.917 bits per heavy atom. The highest BCUT2D eigenvalue weighted by molar-refractivity contribution is 6.27. The monoisotopic (exact) mass is 210 g/mol. The van der Waals surface area contributed by atoms with Crippen LogP contribution in [0.4, 0.5) is 0 Å². The van der Waals surface area contributed by atoms with Crippen molar-refractivity contribution in [2.45, 2.75) is 6.92 Å². The molecule has 0 aliphatic rings. The standard InChI is InChI=1S/C2H2O4.C2H4O2.2Al.6H/c3-1(4)2(5)6;1-2(3)4;;;;;;;;/h(H,3,4)(H,5,6);1H3,(H,3,4);;;;;;;;. The number of hydrogen-bond donors (Lipinski definition) is 3. The third-order valence-corrected chi connectivity index (χ3v) is 0.183. The summed E-state index contributed by atoms with van der Waals surface area (Å²) in [6.07, 6.45) is 0. The number of aliphatic carboxylic acids is 3. The van der Waals surface area contributed by atoms with Gasteiger partial charge in [0.2, 0.25) is 0 Å². The van der Waals surface area contributed by atoms with Gasteiger partial charge >= 0.3 is 11.9 Å². The number of carboxylic acid groups (broad SMARTS) is 3. The van der Waals surface area contributed by atoms with Crippen molar-refractivity contribution in [3.05, 3.63) is 0 Å². The minimum absolute atomic E-state index is 0. The average molecular weight is 210 g/mol. The van der Waals surface area contributed by atoms with Crippen LogP contribution in [0, 0.1) is 0 Å². The van der Waals surface area contributed by atoms with Crippen LogP contribution in [0.1, 0.15) is 6.92 Å². The van der Waals surface area contributed by atoms with E-state index in [0.29, 0.717) is 0 Å². The van der Waals surface area contributed by atoms with Gasteiger partial charge in [-0.25, -0.2) is 9.59 Å². The molecule has 0 fully saturated rings. The lowest BCUT2D eigenvalue weighted by atomic mass is 10.7. The van der Waals surface area contributed by atoms with Crippen LogP contribution in [0.15, 0.2) is 0 Å². The van der Waals surface area contributed by atoms with E-state index in [1.54, 1.807) is 0 Å². The highest BCUT2D eigenvalue weighted by Crippen LogP contribution is 1.56. The molecule has 8 heteroatoms. The van der Waals surface area contributed by atoms with Crippen LogP contribution in [-0.4, -0.2) is 67.9 Å². The van der Waals surface area contributed by atoms with Crippen LogP contribution < -0.4 is 0 Å². The van der Waals surface area contributed by atoms with E-state index in [1.165, 1.54) is 0 Å². The molecule has 0 rings (SSSR count). The molecular formula is C4H12Al2O6. The van der Waals surface area contributed by atoms with Gasteiger partial charge in [-0.2, -0.15) is 0 Å². The molecule has 0 amide bonds. The molecule has 0 aromatic rings. The predicted molar refractivity (Wildman–Crippen MR) is 48.5 cm³/mol. The Hall–Kier alpha value is -0.525. The Morgan fingerprint density at radius 1 is 0.833 bits per heavy atom. The molecule has 0 saturated carbocycles. The van der Waals surface area contributed by atoms with E-state index >= 15 is 0 Å². The van der Waals surface area contributed by atoms with Gasteiger partial charge in [-0.1, -0.05) is 0 Å². The lowest BCUT2D eigenvalue weighted by Gasteiger charge is -1.72. The van der Waals surface area contributed by atoms with Gasteiger partial charge in [-0.3, -0.25) is 4.79 Å². The van der Waals surface area contributed by atoms with Crippen molar-refractivity contribution in [2.24, 2.45) is 0 Å². The Morgan fingerprint density at radius 3 is 0.917 bits per heavy atom. The molecule has 0 saturated heterocycles. The van der Waals surface area contributed by atoms with Gasteiger partial charge in [0.1, 0.15) is 0 Å². The van der Waals surface area contributed by atoms with Crippen LogP contribution in [-0.2, 0) is 14.4 Å². The zero-order chi connectivity index (χ0) is 8.73. The SMILES string of the molecule is CC(=O)O.O=C(O)C(=O)O.[AlH3].[AlH3]. The van der Waals surface area contributed by atoms with Gasteiger partial charge in [0.15, 0.2) is 34.7 Å². The highest BCUT2D eigenvalue weighted by Gasteiger charge is 2.04. The number of hydrogen-bond acceptors (Lipinski definition) is 3. The molecule has 0 spiro atoms. The van der Waals surface area contributed by atoms with Crippen molar-refractivity contribution in [1.29, 1.82) is 0 Å². The zero-order valence-corrected chi connectivity index (χ0v) is 5.07. The van der Waals surface area contributed by atoms with E-state index in [9.17, 15) is 0 Å².